The van der Waals surface area contributed by atoms with Crippen LogP contribution < -0.4 is 0 Å². The first-order chi connectivity index (χ1) is 18.6. The minimum atomic E-state index is -1.77. The molecule has 11 nitrogen and oxygen atoms in total. The van der Waals surface area contributed by atoms with Crippen molar-refractivity contribution < 1.29 is 48.7 Å². The molecule has 0 saturated carbocycles. The van der Waals surface area contributed by atoms with Gasteiger partial charge in [-0.15, -0.1) is 5.06 Å². The summed E-state index contributed by atoms with van der Waals surface area (Å²) in [6.07, 6.45) is -7.97. The summed E-state index contributed by atoms with van der Waals surface area (Å²) in [5.74, 6) is -4.56. The lowest BCUT2D eigenvalue weighted by molar-refractivity contribution is -0.250. The van der Waals surface area contributed by atoms with Gasteiger partial charge in [0.15, 0.2) is 6.23 Å². The highest BCUT2D eigenvalue weighted by molar-refractivity contribution is 6.42. The number of ether oxygens (including phenoxy) is 1. The zero-order valence-electron chi connectivity index (χ0n) is 19.7. The molecule has 2 aromatic carbocycles. The molecule has 2 amide bonds. The Morgan fingerprint density at radius 3 is 2.41 bits per heavy atom. The molecular formula is C26H19F2N3O8. The van der Waals surface area contributed by atoms with E-state index in [1.807, 2.05) is 0 Å². The van der Waals surface area contributed by atoms with Crippen LogP contribution in [0.15, 0.2) is 47.0 Å². The topological polar surface area (TPSA) is 165 Å². The van der Waals surface area contributed by atoms with Gasteiger partial charge >= 0.3 is 0 Å². The SMILES string of the molecule is O=C1C2=C(C(=O)N1O)C1C(=Nc3ccc(F)cc31)c1c2c2cc(F)ccc2n1[C@@H]1O[C@H](CO)[C@@H](O)[C@H](O)[C@H]1O. The third-order valence-corrected chi connectivity index (χ3v) is 7.78. The van der Waals surface area contributed by atoms with E-state index in [-0.39, 0.29) is 55.3 Å². The molecule has 3 aromatic rings. The van der Waals surface area contributed by atoms with E-state index in [1.54, 1.807) is 0 Å². The first kappa shape index (κ1) is 24.2. The van der Waals surface area contributed by atoms with Crippen molar-refractivity contribution >= 4 is 39.7 Å². The zero-order chi connectivity index (χ0) is 27.5. The van der Waals surface area contributed by atoms with Crippen LogP contribution in [0.2, 0.25) is 0 Å². The molecular weight excluding hydrogens is 520 g/mol. The summed E-state index contributed by atoms with van der Waals surface area (Å²) < 4.78 is 36.1. The smallest absolute Gasteiger partial charge is 0.286 e. The second kappa shape index (κ2) is 8.08. The zero-order valence-corrected chi connectivity index (χ0v) is 19.7. The number of halogens is 2. The Hall–Kier alpha value is -3.85. The summed E-state index contributed by atoms with van der Waals surface area (Å²) in [4.78, 5) is 31.0. The summed E-state index contributed by atoms with van der Waals surface area (Å²) in [5, 5.41) is 52.0. The van der Waals surface area contributed by atoms with Gasteiger partial charge < -0.3 is 29.7 Å². The molecule has 200 valence electrons. The van der Waals surface area contributed by atoms with E-state index in [4.69, 9.17) is 4.74 Å². The van der Waals surface area contributed by atoms with Crippen molar-refractivity contribution in [3.63, 3.8) is 0 Å². The number of hydroxylamine groups is 2. The van der Waals surface area contributed by atoms with Crippen molar-refractivity contribution in [2.75, 3.05) is 6.61 Å². The van der Waals surface area contributed by atoms with Crippen LogP contribution in [0.3, 0.4) is 0 Å². The number of aliphatic imine (C=N–C) groups is 1. The minimum Gasteiger partial charge on any atom is -0.394 e. The molecule has 0 radical (unpaired) electrons. The summed E-state index contributed by atoms with van der Waals surface area (Å²) in [6, 6.07) is 7.25. The van der Waals surface area contributed by atoms with E-state index in [9.17, 15) is 44.0 Å². The number of aliphatic hydroxyl groups excluding tert-OH is 4. The number of benzene rings is 2. The summed E-state index contributed by atoms with van der Waals surface area (Å²) in [5.41, 5.74) is 0.550. The summed E-state index contributed by atoms with van der Waals surface area (Å²) in [6.45, 7) is -0.715. The molecule has 0 spiro atoms. The highest BCUT2D eigenvalue weighted by Gasteiger charge is 2.54. The average molecular weight is 539 g/mol. The predicted octanol–water partition coefficient (Wildman–Crippen LogP) is 0.635. The lowest BCUT2D eigenvalue weighted by atomic mass is 9.77. The van der Waals surface area contributed by atoms with Crippen molar-refractivity contribution in [1.82, 2.24) is 9.63 Å². The molecule has 1 aliphatic carbocycles. The van der Waals surface area contributed by atoms with Crippen LogP contribution in [-0.4, -0.2) is 83.8 Å². The second-order valence-corrected chi connectivity index (χ2v) is 9.82. The van der Waals surface area contributed by atoms with Crippen LogP contribution in [0, 0.1) is 11.6 Å². The van der Waals surface area contributed by atoms with E-state index >= 15 is 0 Å². The van der Waals surface area contributed by atoms with Crippen LogP contribution >= 0.6 is 0 Å². The van der Waals surface area contributed by atoms with Gasteiger partial charge in [0.2, 0.25) is 0 Å². The van der Waals surface area contributed by atoms with Crippen molar-refractivity contribution in [3.8, 4) is 0 Å². The van der Waals surface area contributed by atoms with E-state index in [1.165, 1.54) is 22.8 Å². The van der Waals surface area contributed by atoms with Gasteiger partial charge in [-0.05, 0) is 42.0 Å². The first-order valence-electron chi connectivity index (χ1n) is 12.0. The molecule has 1 unspecified atom stereocenters. The number of imide groups is 1. The predicted molar refractivity (Wildman–Crippen MR) is 127 cm³/mol. The summed E-state index contributed by atoms with van der Waals surface area (Å²) in [7, 11) is 0. The van der Waals surface area contributed by atoms with Gasteiger partial charge in [0, 0.05) is 16.5 Å². The molecule has 7 rings (SSSR count). The van der Waals surface area contributed by atoms with Crippen LogP contribution in [0.5, 0.6) is 0 Å². The third kappa shape index (κ3) is 3.02. The van der Waals surface area contributed by atoms with Crippen molar-refractivity contribution in [2.24, 2.45) is 4.99 Å². The van der Waals surface area contributed by atoms with Gasteiger partial charge in [-0.1, -0.05) is 0 Å². The number of hydrogen-bond donors (Lipinski definition) is 5. The molecule has 1 saturated heterocycles. The number of hydrogen-bond acceptors (Lipinski definition) is 9. The third-order valence-electron chi connectivity index (χ3n) is 7.78. The number of amides is 2. The summed E-state index contributed by atoms with van der Waals surface area (Å²) >= 11 is 0. The molecule has 4 aliphatic rings. The monoisotopic (exact) mass is 539 g/mol. The Morgan fingerprint density at radius 2 is 1.67 bits per heavy atom. The molecule has 0 bridgehead atoms. The van der Waals surface area contributed by atoms with Crippen molar-refractivity contribution in [1.29, 1.82) is 0 Å². The number of carbonyl (C=O) groups is 2. The van der Waals surface area contributed by atoms with Crippen LogP contribution in [-0.2, 0) is 14.3 Å². The number of fused-ring (bicyclic) bond motifs is 9. The molecule has 1 aromatic heterocycles. The van der Waals surface area contributed by atoms with E-state index in [2.05, 4.69) is 4.99 Å². The lowest BCUT2D eigenvalue weighted by Crippen LogP contribution is -2.56. The second-order valence-electron chi connectivity index (χ2n) is 9.82. The molecule has 6 atom stereocenters. The average Bonchev–Trinajstić information content (AvgIpc) is 3.52. The fourth-order valence-electron chi connectivity index (χ4n) is 6.08. The molecule has 4 heterocycles. The van der Waals surface area contributed by atoms with Gasteiger partial charge in [-0.25, -0.2) is 13.8 Å². The van der Waals surface area contributed by atoms with Crippen LogP contribution in [0.25, 0.3) is 16.5 Å². The molecule has 1 fully saturated rings. The van der Waals surface area contributed by atoms with Crippen LogP contribution in [0.4, 0.5) is 14.5 Å². The maximum Gasteiger partial charge on any atom is 0.286 e. The largest absolute Gasteiger partial charge is 0.394 e. The van der Waals surface area contributed by atoms with Gasteiger partial charge in [-0.2, -0.15) is 0 Å². The minimum absolute atomic E-state index is 0.0228. The molecule has 5 N–H and O–H groups in total. The van der Waals surface area contributed by atoms with E-state index in [0.717, 1.165) is 18.2 Å². The Balaban J connectivity index is 1.59. The van der Waals surface area contributed by atoms with Gasteiger partial charge in [-0.3, -0.25) is 14.8 Å². The van der Waals surface area contributed by atoms with Crippen molar-refractivity contribution in [3.05, 3.63) is 70.4 Å². The maximum absolute atomic E-state index is 14.6. The normalized spacial score (nSPS) is 29.5. The maximum atomic E-state index is 14.6. The Bertz CT molecular complexity index is 1700. The van der Waals surface area contributed by atoms with Gasteiger partial charge in [0.25, 0.3) is 11.8 Å². The van der Waals surface area contributed by atoms with E-state index < -0.39 is 66.6 Å². The highest BCUT2D eigenvalue weighted by Crippen LogP contribution is 2.54. The standard InChI is InChI=1S/C26H19F2N3O8/c27-8-1-3-12-10(5-8)15-17-18(25(37)31(38)24(17)36)16-11-6-9(28)2-4-13(11)30(20(16)19(15)29-12)26-23(35)22(34)21(33)14(7-32)39-26/h1-6,14-15,21-23,26,32-35,38H,7H2/t14-,15?,21-,22+,23-,26-/m1/s1. The molecule has 3 aliphatic heterocycles. The Labute approximate surface area is 217 Å². The molecule has 39 heavy (non-hydrogen) atoms. The van der Waals surface area contributed by atoms with E-state index in [0.29, 0.717) is 0 Å². The number of rotatable bonds is 2. The first-order valence-corrected chi connectivity index (χ1v) is 12.0. The molecule has 13 heteroatoms. The Kier molecular flexibility index (Phi) is 5.02. The number of aromatic nitrogens is 1. The highest BCUT2D eigenvalue weighted by atomic mass is 19.1. The number of nitrogens with zero attached hydrogens (tertiary/aromatic N) is 3. The fourth-order valence-corrected chi connectivity index (χ4v) is 6.08. The van der Waals surface area contributed by atoms with Crippen molar-refractivity contribution in [2.45, 2.75) is 36.6 Å². The quantitative estimate of drug-likeness (QED) is 0.234. The van der Waals surface area contributed by atoms with Crippen LogP contribution in [0.1, 0.15) is 29.0 Å². The van der Waals surface area contributed by atoms with Gasteiger partial charge in [0.05, 0.1) is 40.7 Å². The number of carbonyl (C=O) groups excluding carboxylic acids is 2. The van der Waals surface area contributed by atoms with Gasteiger partial charge in [0.1, 0.15) is 36.1 Å². The number of aliphatic hydroxyl groups is 4. The lowest BCUT2D eigenvalue weighted by Gasteiger charge is -2.41. The fraction of sp³-hybridized carbons (Fsp3) is 0.269. The Morgan fingerprint density at radius 1 is 0.949 bits per heavy atom.